The van der Waals surface area contributed by atoms with Crippen LogP contribution in [0.15, 0.2) is 0 Å². The second-order valence-electron chi connectivity index (χ2n) is 3.48. The van der Waals surface area contributed by atoms with Gasteiger partial charge in [0.2, 0.25) is 5.60 Å². The molecule has 60 valence electrons. The maximum atomic E-state index is 10.6. The third-order valence-corrected chi connectivity index (χ3v) is 2.61. The highest BCUT2D eigenvalue weighted by Gasteiger charge is 2.82. The van der Waals surface area contributed by atoms with Gasteiger partial charge in [0.15, 0.2) is 12.4 Å². The Hall–Kier alpha value is -1.06. The van der Waals surface area contributed by atoms with Crippen LogP contribution < -0.4 is 0 Å². The third kappa shape index (κ3) is 0.480. The molecule has 4 heteroatoms. The van der Waals surface area contributed by atoms with Gasteiger partial charge < -0.3 is 9.47 Å². The molecule has 2 atom stereocenters. The predicted octanol–water partition coefficient (Wildman–Crippen LogP) is 0.499. The minimum absolute atomic E-state index is 0.345. The molecule has 0 aromatic heterocycles. The van der Waals surface area contributed by atoms with Crippen molar-refractivity contribution in [2.24, 2.45) is 5.41 Å². The summed E-state index contributed by atoms with van der Waals surface area (Å²) >= 11 is 0. The maximum absolute atomic E-state index is 10.6. The molecule has 1 heterocycles. The zero-order valence-electron chi connectivity index (χ0n) is 6.29. The Kier molecular flexibility index (Phi) is 0.855. The summed E-state index contributed by atoms with van der Waals surface area (Å²) in [6, 6.07) is 0. The number of aldehydes is 1. The number of carbonyl (C=O) groups excluding carboxylic acids is 2. The number of hydrogen-bond donors (Lipinski definition) is 0. The van der Waals surface area contributed by atoms with E-state index in [-0.39, 0.29) is 11.5 Å². The van der Waals surface area contributed by atoms with E-state index in [1.165, 1.54) is 0 Å². The van der Waals surface area contributed by atoms with E-state index in [0.29, 0.717) is 6.29 Å². The van der Waals surface area contributed by atoms with E-state index in [0.717, 1.165) is 0 Å². The van der Waals surface area contributed by atoms with Crippen LogP contribution in [-0.4, -0.2) is 24.1 Å². The van der Waals surface area contributed by atoms with E-state index in [1.54, 1.807) is 0 Å². The quantitative estimate of drug-likeness (QED) is 0.409. The van der Waals surface area contributed by atoms with Crippen LogP contribution in [0.4, 0.5) is 4.79 Å². The smallest absolute Gasteiger partial charge is 0.425 e. The lowest BCUT2D eigenvalue weighted by Crippen LogP contribution is -2.23. The molecule has 0 unspecified atom stereocenters. The Labute approximate surface area is 63.5 Å². The Bertz CT molecular complexity index is 245. The van der Waals surface area contributed by atoms with Crippen molar-refractivity contribution in [3.8, 4) is 0 Å². The monoisotopic (exact) mass is 156 g/mol. The SMILES string of the molecule is CC1(C)[C@@H]2OC(=O)O[C@@]21C=O. The summed E-state index contributed by atoms with van der Waals surface area (Å²) < 4.78 is 9.51. The zero-order valence-corrected chi connectivity index (χ0v) is 6.29. The number of hydrogen-bond acceptors (Lipinski definition) is 4. The minimum atomic E-state index is -0.982. The summed E-state index contributed by atoms with van der Waals surface area (Å²) in [5.41, 5.74) is -1.33. The van der Waals surface area contributed by atoms with Crippen molar-refractivity contribution in [2.75, 3.05) is 0 Å². The van der Waals surface area contributed by atoms with Crippen LogP contribution in [0.2, 0.25) is 0 Å². The van der Waals surface area contributed by atoms with Crippen molar-refractivity contribution in [3.05, 3.63) is 0 Å². The average molecular weight is 156 g/mol. The summed E-state index contributed by atoms with van der Waals surface area (Å²) in [7, 11) is 0. The predicted molar refractivity (Wildman–Crippen MR) is 33.9 cm³/mol. The van der Waals surface area contributed by atoms with Crippen LogP contribution in [0.3, 0.4) is 0 Å². The molecule has 0 N–H and O–H groups in total. The second kappa shape index (κ2) is 1.42. The van der Waals surface area contributed by atoms with Crippen LogP contribution >= 0.6 is 0 Å². The number of ether oxygens (including phenoxy) is 2. The lowest BCUT2D eigenvalue weighted by Gasteiger charge is -2.09. The van der Waals surface area contributed by atoms with Gasteiger partial charge in [-0.25, -0.2) is 4.79 Å². The Balaban J connectivity index is 2.33. The Morgan fingerprint density at radius 2 is 2.18 bits per heavy atom. The molecule has 0 aromatic rings. The number of carbonyl (C=O) groups is 2. The van der Waals surface area contributed by atoms with E-state index >= 15 is 0 Å². The van der Waals surface area contributed by atoms with E-state index < -0.39 is 11.8 Å². The highest BCUT2D eigenvalue weighted by Crippen LogP contribution is 2.62. The highest BCUT2D eigenvalue weighted by atomic mass is 16.8. The maximum Gasteiger partial charge on any atom is 0.509 e. The highest BCUT2D eigenvalue weighted by molar-refractivity contribution is 5.82. The standard InChI is InChI=1S/C7H8O4/c1-6(2)4-7(6,3-8)11-5(9)10-4/h3-4H,1-2H3/t4-,7-/m0/s1. The first-order valence-electron chi connectivity index (χ1n) is 3.40. The molecular formula is C7H8O4. The summed E-state index contributed by atoms with van der Waals surface area (Å²) in [5.74, 6) is 0. The van der Waals surface area contributed by atoms with Crippen LogP contribution in [0.1, 0.15) is 13.8 Å². The first kappa shape index (κ1) is 6.64. The molecule has 1 saturated heterocycles. The normalized spacial score (nSPS) is 43.8. The molecule has 2 aliphatic rings. The fourth-order valence-electron chi connectivity index (χ4n) is 1.63. The molecule has 0 spiro atoms. The molecular weight excluding hydrogens is 148 g/mol. The van der Waals surface area contributed by atoms with Gasteiger partial charge in [0.25, 0.3) is 0 Å². The fourth-order valence-corrected chi connectivity index (χ4v) is 1.63. The summed E-state index contributed by atoms with van der Waals surface area (Å²) in [6.45, 7) is 3.66. The lowest BCUT2D eigenvalue weighted by molar-refractivity contribution is -0.117. The topological polar surface area (TPSA) is 52.6 Å². The van der Waals surface area contributed by atoms with Gasteiger partial charge in [-0.15, -0.1) is 0 Å². The Morgan fingerprint density at radius 1 is 1.55 bits per heavy atom. The minimum Gasteiger partial charge on any atom is -0.425 e. The van der Waals surface area contributed by atoms with E-state index in [9.17, 15) is 9.59 Å². The molecule has 0 radical (unpaired) electrons. The average Bonchev–Trinajstić information content (AvgIpc) is 2.26. The molecule has 1 aliphatic carbocycles. The lowest BCUT2D eigenvalue weighted by atomic mass is 10.1. The van der Waals surface area contributed by atoms with Gasteiger partial charge in [-0.3, -0.25) is 4.79 Å². The molecule has 2 fully saturated rings. The number of fused-ring (bicyclic) bond motifs is 1. The van der Waals surface area contributed by atoms with E-state index in [1.807, 2.05) is 13.8 Å². The zero-order chi connectivity index (χ0) is 8.28. The third-order valence-electron chi connectivity index (χ3n) is 2.61. The summed E-state index contributed by atoms with van der Waals surface area (Å²) in [6.07, 6.45) is -0.454. The van der Waals surface area contributed by atoms with Gasteiger partial charge in [-0.1, -0.05) is 13.8 Å². The largest absolute Gasteiger partial charge is 0.509 e. The first-order valence-corrected chi connectivity index (χ1v) is 3.40. The summed E-state index contributed by atoms with van der Waals surface area (Å²) in [5, 5.41) is 0. The van der Waals surface area contributed by atoms with Gasteiger partial charge >= 0.3 is 6.16 Å². The van der Waals surface area contributed by atoms with Crippen LogP contribution in [-0.2, 0) is 14.3 Å². The van der Waals surface area contributed by atoms with Crippen molar-refractivity contribution >= 4 is 12.4 Å². The fraction of sp³-hybridized carbons (Fsp3) is 0.714. The van der Waals surface area contributed by atoms with Crippen molar-refractivity contribution in [1.82, 2.24) is 0 Å². The van der Waals surface area contributed by atoms with Crippen molar-refractivity contribution in [3.63, 3.8) is 0 Å². The molecule has 4 nitrogen and oxygen atoms in total. The molecule has 1 aliphatic heterocycles. The van der Waals surface area contributed by atoms with Gasteiger partial charge in [-0.05, 0) is 0 Å². The van der Waals surface area contributed by atoms with Gasteiger partial charge in [0, 0.05) is 0 Å². The number of rotatable bonds is 1. The van der Waals surface area contributed by atoms with Crippen molar-refractivity contribution < 1.29 is 19.1 Å². The molecule has 2 rings (SSSR count). The van der Waals surface area contributed by atoms with Crippen LogP contribution in [0.25, 0.3) is 0 Å². The Morgan fingerprint density at radius 3 is 2.55 bits per heavy atom. The molecule has 0 bridgehead atoms. The van der Waals surface area contributed by atoms with Crippen LogP contribution in [0.5, 0.6) is 0 Å². The van der Waals surface area contributed by atoms with E-state index in [4.69, 9.17) is 9.47 Å². The van der Waals surface area contributed by atoms with Gasteiger partial charge in [0.05, 0.1) is 5.41 Å². The van der Waals surface area contributed by atoms with Crippen molar-refractivity contribution in [1.29, 1.82) is 0 Å². The molecule has 0 aromatic carbocycles. The van der Waals surface area contributed by atoms with Crippen molar-refractivity contribution in [2.45, 2.75) is 25.6 Å². The molecule has 11 heavy (non-hydrogen) atoms. The van der Waals surface area contributed by atoms with Gasteiger partial charge in [0.1, 0.15) is 0 Å². The molecule has 0 amide bonds. The summed E-state index contributed by atoms with van der Waals surface area (Å²) in [4.78, 5) is 21.1. The van der Waals surface area contributed by atoms with E-state index in [2.05, 4.69) is 0 Å². The first-order chi connectivity index (χ1) is 5.04. The molecule has 1 saturated carbocycles. The second-order valence-corrected chi connectivity index (χ2v) is 3.48. The van der Waals surface area contributed by atoms with Crippen LogP contribution in [0, 0.1) is 5.41 Å². The van der Waals surface area contributed by atoms with Gasteiger partial charge in [-0.2, -0.15) is 0 Å².